The van der Waals surface area contributed by atoms with E-state index in [2.05, 4.69) is 24.0 Å². The molecule has 2 unspecified atom stereocenters. The molecule has 1 aliphatic heterocycles. The van der Waals surface area contributed by atoms with E-state index < -0.39 is 0 Å². The number of hydrogen-bond acceptors (Lipinski definition) is 4. The molecule has 4 heteroatoms. The van der Waals surface area contributed by atoms with Crippen molar-refractivity contribution in [2.75, 3.05) is 19.6 Å². The number of nitrogens with zero attached hydrogens (tertiary/aromatic N) is 1. The number of benzene rings is 1. The molecule has 18 heavy (non-hydrogen) atoms. The summed E-state index contributed by atoms with van der Waals surface area (Å²) in [4.78, 5) is 2.37. The van der Waals surface area contributed by atoms with Crippen LogP contribution in [0.5, 0.6) is 0 Å². The highest BCUT2D eigenvalue weighted by atomic mass is 16.5. The molecule has 1 saturated heterocycles. The van der Waals surface area contributed by atoms with Gasteiger partial charge < -0.3 is 15.6 Å². The van der Waals surface area contributed by atoms with Crippen molar-refractivity contribution in [2.45, 2.75) is 32.3 Å². The zero-order valence-electron chi connectivity index (χ0n) is 10.9. The quantitative estimate of drug-likeness (QED) is 0.827. The van der Waals surface area contributed by atoms with Gasteiger partial charge in [-0.15, -0.1) is 0 Å². The summed E-state index contributed by atoms with van der Waals surface area (Å²) in [5.74, 6) is 0. The van der Waals surface area contributed by atoms with E-state index in [0.29, 0.717) is 6.54 Å². The Morgan fingerprint density at radius 2 is 1.94 bits per heavy atom. The molecule has 0 saturated carbocycles. The smallest absolute Gasteiger partial charge is 0.0828 e. The number of ether oxygens (including phenoxy) is 1. The second kappa shape index (κ2) is 6.29. The lowest BCUT2D eigenvalue weighted by Gasteiger charge is -2.36. The third-order valence-corrected chi connectivity index (χ3v) is 3.28. The highest BCUT2D eigenvalue weighted by Gasteiger charge is 2.23. The molecule has 1 aliphatic rings. The molecule has 0 radical (unpaired) electrons. The fourth-order valence-electron chi connectivity index (χ4n) is 2.41. The second-order valence-electron chi connectivity index (χ2n) is 4.97. The molecule has 1 fully saturated rings. The van der Waals surface area contributed by atoms with E-state index in [1.54, 1.807) is 0 Å². The average molecular weight is 250 g/mol. The summed E-state index contributed by atoms with van der Waals surface area (Å²) < 4.78 is 5.74. The Morgan fingerprint density at radius 1 is 1.28 bits per heavy atom. The van der Waals surface area contributed by atoms with Gasteiger partial charge >= 0.3 is 0 Å². The van der Waals surface area contributed by atoms with Crippen LogP contribution in [0.1, 0.15) is 18.1 Å². The van der Waals surface area contributed by atoms with Gasteiger partial charge in [-0.3, -0.25) is 4.90 Å². The van der Waals surface area contributed by atoms with Crippen molar-refractivity contribution in [3.05, 3.63) is 35.4 Å². The van der Waals surface area contributed by atoms with Crippen LogP contribution in [0.3, 0.4) is 0 Å². The van der Waals surface area contributed by atoms with E-state index in [9.17, 15) is 0 Å². The first kappa shape index (κ1) is 13.5. The molecule has 2 atom stereocenters. The third kappa shape index (κ3) is 3.53. The normalized spacial score (nSPS) is 25.3. The van der Waals surface area contributed by atoms with Crippen molar-refractivity contribution in [3.63, 3.8) is 0 Å². The standard InChI is InChI=1S/C14H22N2O2/c1-11-7-16(9-14(6-15)18-11)8-12-2-4-13(10-17)5-3-12/h2-5,11,14,17H,6-10,15H2,1H3. The topological polar surface area (TPSA) is 58.7 Å². The molecule has 1 aromatic rings. The molecular formula is C14H22N2O2. The molecule has 1 heterocycles. The summed E-state index contributed by atoms with van der Waals surface area (Å²) >= 11 is 0. The Bertz CT molecular complexity index is 367. The van der Waals surface area contributed by atoms with Crippen molar-refractivity contribution in [3.8, 4) is 0 Å². The van der Waals surface area contributed by atoms with Gasteiger partial charge in [0.2, 0.25) is 0 Å². The van der Waals surface area contributed by atoms with Gasteiger partial charge in [0.05, 0.1) is 18.8 Å². The van der Waals surface area contributed by atoms with Crippen LogP contribution in [0, 0.1) is 0 Å². The van der Waals surface area contributed by atoms with Crippen LogP contribution in [0.15, 0.2) is 24.3 Å². The van der Waals surface area contributed by atoms with Gasteiger partial charge in [0, 0.05) is 26.2 Å². The zero-order chi connectivity index (χ0) is 13.0. The van der Waals surface area contributed by atoms with Crippen LogP contribution in [0.2, 0.25) is 0 Å². The van der Waals surface area contributed by atoms with Crippen molar-refractivity contribution in [1.82, 2.24) is 4.90 Å². The maximum Gasteiger partial charge on any atom is 0.0828 e. The Labute approximate surface area is 108 Å². The van der Waals surface area contributed by atoms with E-state index in [0.717, 1.165) is 25.2 Å². The van der Waals surface area contributed by atoms with Gasteiger partial charge in [0.15, 0.2) is 0 Å². The summed E-state index contributed by atoms with van der Waals surface area (Å²) in [7, 11) is 0. The molecule has 4 nitrogen and oxygen atoms in total. The minimum absolute atomic E-state index is 0.101. The highest BCUT2D eigenvalue weighted by Crippen LogP contribution is 2.14. The minimum Gasteiger partial charge on any atom is -0.392 e. The second-order valence-corrected chi connectivity index (χ2v) is 4.97. The van der Waals surface area contributed by atoms with Crippen molar-refractivity contribution in [1.29, 1.82) is 0 Å². The lowest BCUT2D eigenvalue weighted by atomic mass is 10.1. The van der Waals surface area contributed by atoms with E-state index in [1.807, 2.05) is 12.1 Å². The largest absolute Gasteiger partial charge is 0.392 e. The predicted molar refractivity (Wildman–Crippen MR) is 71.0 cm³/mol. The summed E-state index contributed by atoms with van der Waals surface area (Å²) in [6.45, 7) is 5.51. The van der Waals surface area contributed by atoms with Gasteiger partial charge in [-0.2, -0.15) is 0 Å². The van der Waals surface area contributed by atoms with Crippen molar-refractivity contribution in [2.24, 2.45) is 5.73 Å². The maximum absolute atomic E-state index is 9.01. The molecule has 100 valence electrons. The predicted octanol–water partition coefficient (Wildman–Crippen LogP) is 0.727. The van der Waals surface area contributed by atoms with Crippen molar-refractivity contribution >= 4 is 0 Å². The average Bonchev–Trinajstić information content (AvgIpc) is 2.39. The van der Waals surface area contributed by atoms with E-state index >= 15 is 0 Å². The fraction of sp³-hybridized carbons (Fsp3) is 0.571. The summed E-state index contributed by atoms with van der Waals surface area (Å²) in [6, 6.07) is 8.09. The van der Waals surface area contributed by atoms with E-state index in [1.165, 1.54) is 5.56 Å². The molecular weight excluding hydrogens is 228 g/mol. The Balaban J connectivity index is 1.95. The first-order valence-corrected chi connectivity index (χ1v) is 6.48. The molecule has 1 aromatic carbocycles. The Morgan fingerprint density at radius 3 is 2.56 bits per heavy atom. The van der Waals surface area contributed by atoms with Crippen LogP contribution in [-0.2, 0) is 17.9 Å². The molecule has 0 bridgehead atoms. The van der Waals surface area contributed by atoms with E-state index in [-0.39, 0.29) is 18.8 Å². The first-order chi connectivity index (χ1) is 8.71. The maximum atomic E-state index is 9.01. The van der Waals surface area contributed by atoms with Crippen LogP contribution in [0.25, 0.3) is 0 Å². The molecule has 0 spiro atoms. The Hall–Kier alpha value is -0.940. The third-order valence-electron chi connectivity index (χ3n) is 3.28. The molecule has 0 aliphatic carbocycles. The first-order valence-electron chi connectivity index (χ1n) is 6.48. The van der Waals surface area contributed by atoms with Crippen molar-refractivity contribution < 1.29 is 9.84 Å². The number of rotatable bonds is 4. The molecule has 0 aromatic heterocycles. The number of aliphatic hydroxyl groups is 1. The SMILES string of the molecule is CC1CN(Cc2ccc(CO)cc2)CC(CN)O1. The highest BCUT2D eigenvalue weighted by molar-refractivity contribution is 5.21. The zero-order valence-corrected chi connectivity index (χ0v) is 10.9. The minimum atomic E-state index is 0.101. The van der Waals surface area contributed by atoms with Gasteiger partial charge in [-0.05, 0) is 18.1 Å². The number of hydrogen-bond donors (Lipinski definition) is 2. The summed E-state index contributed by atoms with van der Waals surface area (Å²) in [6.07, 6.45) is 0.384. The number of aliphatic hydroxyl groups excluding tert-OH is 1. The molecule has 0 amide bonds. The van der Waals surface area contributed by atoms with E-state index in [4.69, 9.17) is 15.6 Å². The van der Waals surface area contributed by atoms with Gasteiger partial charge in [-0.25, -0.2) is 0 Å². The van der Waals surface area contributed by atoms with Gasteiger partial charge in [0.25, 0.3) is 0 Å². The van der Waals surface area contributed by atoms with Crippen LogP contribution >= 0.6 is 0 Å². The number of nitrogens with two attached hydrogens (primary N) is 1. The van der Waals surface area contributed by atoms with Crippen LogP contribution < -0.4 is 5.73 Å². The lowest BCUT2D eigenvalue weighted by Crippen LogP contribution is -2.48. The fourth-order valence-corrected chi connectivity index (χ4v) is 2.41. The monoisotopic (exact) mass is 250 g/mol. The summed E-state index contributed by atoms with van der Waals surface area (Å²) in [5.41, 5.74) is 7.89. The van der Waals surface area contributed by atoms with Gasteiger partial charge in [-0.1, -0.05) is 24.3 Å². The van der Waals surface area contributed by atoms with Gasteiger partial charge in [0.1, 0.15) is 0 Å². The number of morpholine rings is 1. The molecule has 3 N–H and O–H groups in total. The summed E-state index contributed by atoms with van der Waals surface area (Å²) in [5, 5.41) is 9.01. The van der Waals surface area contributed by atoms with Crippen LogP contribution in [-0.4, -0.2) is 41.8 Å². The lowest BCUT2D eigenvalue weighted by molar-refractivity contribution is -0.0745. The van der Waals surface area contributed by atoms with Crippen LogP contribution in [0.4, 0.5) is 0 Å². The molecule has 2 rings (SSSR count). The Kier molecular flexibility index (Phi) is 4.72.